The zero-order chi connectivity index (χ0) is 8.27. The normalized spacial score (nSPS) is 16.3. The second-order valence-corrected chi connectivity index (χ2v) is 2.59. The van der Waals surface area contributed by atoms with Gasteiger partial charge in [0, 0.05) is 19.0 Å². The second kappa shape index (κ2) is 3.55. The zero-order valence-electron chi connectivity index (χ0n) is 6.87. The third-order valence-corrected chi connectivity index (χ3v) is 1.86. The van der Waals surface area contributed by atoms with Gasteiger partial charge in [0.15, 0.2) is 0 Å². The van der Waals surface area contributed by atoms with Crippen LogP contribution in [0.5, 0.6) is 0 Å². The van der Waals surface area contributed by atoms with Crippen molar-refractivity contribution in [3.8, 4) is 0 Å². The molecule has 1 heterocycles. The molecule has 0 aliphatic rings. The minimum Gasteiger partial charge on any atom is -0.380 e. The lowest BCUT2D eigenvalue weighted by molar-refractivity contribution is 0.0946. The number of methoxy groups -OCH3 is 1. The fourth-order valence-electron chi connectivity index (χ4n) is 0.951. The van der Waals surface area contributed by atoms with E-state index in [0.717, 1.165) is 5.69 Å². The third-order valence-electron chi connectivity index (χ3n) is 1.86. The summed E-state index contributed by atoms with van der Waals surface area (Å²) in [7, 11) is 1.66. The van der Waals surface area contributed by atoms with Crippen LogP contribution >= 0.6 is 0 Å². The molecular formula is C8H14N2O. The van der Waals surface area contributed by atoms with E-state index >= 15 is 0 Å². The highest BCUT2D eigenvalue weighted by atomic mass is 16.5. The molecule has 1 aromatic heterocycles. The van der Waals surface area contributed by atoms with Crippen LogP contribution in [0.3, 0.4) is 0 Å². The predicted octanol–water partition coefficient (Wildman–Crippen LogP) is 1.05. The number of hydrogen-bond acceptors (Lipinski definition) is 2. The molecule has 11 heavy (non-hydrogen) atoms. The van der Waals surface area contributed by atoms with Crippen LogP contribution in [0.4, 0.5) is 0 Å². The Labute approximate surface area is 66.6 Å². The van der Waals surface area contributed by atoms with Gasteiger partial charge < -0.3 is 15.5 Å². The van der Waals surface area contributed by atoms with Crippen LogP contribution in [0.25, 0.3) is 0 Å². The molecule has 0 spiro atoms. The van der Waals surface area contributed by atoms with Gasteiger partial charge in [-0.3, -0.25) is 0 Å². The number of aromatic nitrogens is 1. The second-order valence-electron chi connectivity index (χ2n) is 2.59. The molecule has 0 saturated heterocycles. The molecule has 0 fully saturated rings. The molecule has 0 aliphatic carbocycles. The molecule has 1 rings (SSSR count). The lowest BCUT2D eigenvalue weighted by Gasteiger charge is -2.16. The first-order valence-corrected chi connectivity index (χ1v) is 3.67. The smallest absolute Gasteiger partial charge is 0.0750 e. The SMILES string of the molecule is COC(C)C(N)c1ccc[nH]1. The molecule has 3 N–H and O–H groups in total. The van der Waals surface area contributed by atoms with Gasteiger partial charge in [-0.1, -0.05) is 0 Å². The van der Waals surface area contributed by atoms with E-state index in [-0.39, 0.29) is 12.1 Å². The summed E-state index contributed by atoms with van der Waals surface area (Å²) in [5.41, 5.74) is 6.85. The van der Waals surface area contributed by atoms with Crippen molar-refractivity contribution in [2.75, 3.05) is 7.11 Å². The average Bonchev–Trinajstić information content (AvgIpc) is 2.53. The van der Waals surface area contributed by atoms with Crippen molar-refractivity contribution in [2.45, 2.75) is 19.1 Å². The molecule has 2 atom stereocenters. The van der Waals surface area contributed by atoms with E-state index in [2.05, 4.69) is 4.98 Å². The maximum Gasteiger partial charge on any atom is 0.0750 e. The molecule has 0 aromatic carbocycles. The molecule has 2 unspecified atom stereocenters. The van der Waals surface area contributed by atoms with Crippen molar-refractivity contribution in [3.63, 3.8) is 0 Å². The number of hydrogen-bond donors (Lipinski definition) is 2. The molecule has 0 amide bonds. The maximum atomic E-state index is 5.84. The van der Waals surface area contributed by atoms with Crippen LogP contribution in [0.15, 0.2) is 18.3 Å². The highest BCUT2D eigenvalue weighted by Gasteiger charge is 2.13. The molecule has 0 saturated carbocycles. The summed E-state index contributed by atoms with van der Waals surface area (Å²) in [5.74, 6) is 0. The Morgan fingerprint density at radius 2 is 2.36 bits per heavy atom. The van der Waals surface area contributed by atoms with Crippen molar-refractivity contribution in [1.29, 1.82) is 0 Å². The largest absolute Gasteiger partial charge is 0.380 e. The van der Waals surface area contributed by atoms with Crippen LogP contribution < -0.4 is 5.73 Å². The van der Waals surface area contributed by atoms with Gasteiger partial charge in [0.1, 0.15) is 0 Å². The van der Waals surface area contributed by atoms with Crippen LogP contribution in [-0.2, 0) is 4.74 Å². The molecule has 0 radical (unpaired) electrons. The van der Waals surface area contributed by atoms with Gasteiger partial charge in [0.2, 0.25) is 0 Å². The number of nitrogens with one attached hydrogen (secondary N) is 1. The standard InChI is InChI=1S/C8H14N2O/c1-6(11-2)8(9)7-4-3-5-10-7/h3-6,8,10H,9H2,1-2H3. The van der Waals surface area contributed by atoms with E-state index in [0.29, 0.717) is 0 Å². The monoisotopic (exact) mass is 154 g/mol. The third kappa shape index (κ3) is 1.82. The molecule has 0 aliphatic heterocycles. The van der Waals surface area contributed by atoms with Gasteiger partial charge in [0.25, 0.3) is 0 Å². The van der Waals surface area contributed by atoms with E-state index in [1.54, 1.807) is 7.11 Å². The van der Waals surface area contributed by atoms with Crippen molar-refractivity contribution in [1.82, 2.24) is 4.98 Å². The number of rotatable bonds is 3. The Bertz CT molecular complexity index is 196. The highest BCUT2D eigenvalue weighted by molar-refractivity contribution is 5.09. The summed E-state index contributed by atoms with van der Waals surface area (Å²) in [6.45, 7) is 1.95. The van der Waals surface area contributed by atoms with Crippen molar-refractivity contribution >= 4 is 0 Å². The van der Waals surface area contributed by atoms with Crippen LogP contribution in [0.2, 0.25) is 0 Å². The Morgan fingerprint density at radius 1 is 1.64 bits per heavy atom. The molecule has 0 bridgehead atoms. The Morgan fingerprint density at radius 3 is 2.82 bits per heavy atom. The fraction of sp³-hybridized carbons (Fsp3) is 0.500. The van der Waals surface area contributed by atoms with Crippen LogP contribution in [-0.4, -0.2) is 18.2 Å². The lowest BCUT2D eigenvalue weighted by atomic mass is 10.1. The van der Waals surface area contributed by atoms with Crippen LogP contribution in [0, 0.1) is 0 Å². The average molecular weight is 154 g/mol. The summed E-state index contributed by atoms with van der Waals surface area (Å²) in [6, 6.07) is 3.83. The van der Waals surface area contributed by atoms with Gasteiger partial charge >= 0.3 is 0 Å². The minimum atomic E-state index is -0.0602. The molecule has 1 aromatic rings. The predicted molar refractivity (Wildman–Crippen MR) is 44.2 cm³/mol. The van der Waals surface area contributed by atoms with Gasteiger partial charge in [-0.2, -0.15) is 0 Å². The van der Waals surface area contributed by atoms with Crippen LogP contribution in [0.1, 0.15) is 18.7 Å². The number of ether oxygens (including phenoxy) is 1. The summed E-state index contributed by atoms with van der Waals surface area (Å²) in [5, 5.41) is 0. The summed E-state index contributed by atoms with van der Waals surface area (Å²) in [4.78, 5) is 3.05. The minimum absolute atomic E-state index is 0.0497. The maximum absolute atomic E-state index is 5.84. The topological polar surface area (TPSA) is 51.0 Å². The van der Waals surface area contributed by atoms with E-state index in [1.807, 2.05) is 25.3 Å². The Hall–Kier alpha value is -0.800. The molecule has 62 valence electrons. The van der Waals surface area contributed by atoms with Gasteiger partial charge in [-0.15, -0.1) is 0 Å². The number of H-pyrrole nitrogens is 1. The molecule has 3 nitrogen and oxygen atoms in total. The van der Waals surface area contributed by atoms with E-state index in [4.69, 9.17) is 10.5 Å². The first kappa shape index (κ1) is 8.30. The first-order chi connectivity index (χ1) is 5.25. The van der Waals surface area contributed by atoms with Crippen molar-refractivity contribution in [3.05, 3.63) is 24.0 Å². The van der Waals surface area contributed by atoms with Gasteiger partial charge in [-0.05, 0) is 19.1 Å². The van der Waals surface area contributed by atoms with Crippen molar-refractivity contribution < 1.29 is 4.74 Å². The van der Waals surface area contributed by atoms with Gasteiger partial charge in [0.05, 0.1) is 12.1 Å². The van der Waals surface area contributed by atoms with E-state index < -0.39 is 0 Å². The number of aromatic amines is 1. The summed E-state index contributed by atoms with van der Waals surface area (Å²) < 4.78 is 5.09. The Balaban J connectivity index is 2.62. The fourth-order valence-corrected chi connectivity index (χ4v) is 0.951. The Kier molecular flexibility index (Phi) is 2.68. The number of nitrogens with two attached hydrogens (primary N) is 1. The van der Waals surface area contributed by atoms with Crippen molar-refractivity contribution in [2.24, 2.45) is 5.73 Å². The lowest BCUT2D eigenvalue weighted by Crippen LogP contribution is -2.25. The quantitative estimate of drug-likeness (QED) is 0.683. The summed E-state index contributed by atoms with van der Waals surface area (Å²) in [6.07, 6.45) is 1.91. The van der Waals surface area contributed by atoms with E-state index in [9.17, 15) is 0 Å². The molecular weight excluding hydrogens is 140 g/mol. The molecule has 3 heteroatoms. The zero-order valence-corrected chi connectivity index (χ0v) is 6.87. The summed E-state index contributed by atoms with van der Waals surface area (Å²) >= 11 is 0. The first-order valence-electron chi connectivity index (χ1n) is 3.67. The highest BCUT2D eigenvalue weighted by Crippen LogP contribution is 2.12. The van der Waals surface area contributed by atoms with E-state index in [1.165, 1.54) is 0 Å². The van der Waals surface area contributed by atoms with Gasteiger partial charge in [-0.25, -0.2) is 0 Å².